The van der Waals surface area contributed by atoms with Crippen LogP contribution in [0.2, 0.25) is 0 Å². The quantitative estimate of drug-likeness (QED) is 0.674. The normalized spacial score (nSPS) is 22.8. The van der Waals surface area contributed by atoms with Gasteiger partial charge in [0.2, 0.25) is 5.91 Å². The summed E-state index contributed by atoms with van der Waals surface area (Å²) in [6.45, 7) is 2.48. The summed E-state index contributed by atoms with van der Waals surface area (Å²) >= 11 is 0. The molecular weight excluding hydrogens is 180 g/mol. The molecule has 0 saturated carbocycles. The SMILES string of the molecule is CC(C#N)N(C)C(=O)CC1CCCO1. The number of nitriles is 1. The van der Waals surface area contributed by atoms with Crippen LogP contribution in [0, 0.1) is 11.3 Å². The van der Waals surface area contributed by atoms with Crippen LogP contribution >= 0.6 is 0 Å². The first kappa shape index (κ1) is 11.0. The second kappa shape index (κ2) is 4.97. The van der Waals surface area contributed by atoms with Crippen molar-refractivity contribution in [1.82, 2.24) is 4.90 Å². The molecule has 1 rings (SSSR count). The Morgan fingerprint density at radius 3 is 3.00 bits per heavy atom. The van der Waals surface area contributed by atoms with Gasteiger partial charge < -0.3 is 9.64 Å². The molecule has 0 radical (unpaired) electrons. The van der Waals surface area contributed by atoms with Crippen LogP contribution in [0.5, 0.6) is 0 Å². The van der Waals surface area contributed by atoms with Crippen molar-refractivity contribution in [1.29, 1.82) is 5.26 Å². The minimum atomic E-state index is -0.357. The Balaban J connectivity index is 2.37. The molecule has 1 fully saturated rings. The highest BCUT2D eigenvalue weighted by Gasteiger charge is 2.22. The van der Waals surface area contributed by atoms with E-state index in [0.717, 1.165) is 19.4 Å². The van der Waals surface area contributed by atoms with Crippen molar-refractivity contribution >= 4 is 5.91 Å². The molecule has 2 unspecified atom stereocenters. The Morgan fingerprint density at radius 1 is 1.79 bits per heavy atom. The topological polar surface area (TPSA) is 53.3 Å². The molecule has 2 atom stereocenters. The van der Waals surface area contributed by atoms with E-state index in [4.69, 9.17) is 10.00 Å². The first-order chi connectivity index (χ1) is 6.65. The molecule has 4 heteroatoms. The standard InChI is InChI=1S/C10H16N2O2/c1-8(7-11)12(2)10(13)6-9-4-3-5-14-9/h8-9H,3-6H2,1-2H3. The molecule has 1 saturated heterocycles. The lowest BCUT2D eigenvalue weighted by atomic mass is 10.1. The third kappa shape index (κ3) is 2.71. The van der Waals surface area contributed by atoms with Crippen LogP contribution in [0.15, 0.2) is 0 Å². The van der Waals surface area contributed by atoms with E-state index in [1.807, 2.05) is 6.07 Å². The average molecular weight is 196 g/mol. The Kier molecular flexibility index (Phi) is 3.90. The smallest absolute Gasteiger partial charge is 0.225 e. The van der Waals surface area contributed by atoms with E-state index in [2.05, 4.69) is 0 Å². The molecule has 1 aliphatic heterocycles. The highest BCUT2D eigenvalue weighted by Crippen LogP contribution is 2.16. The zero-order valence-corrected chi connectivity index (χ0v) is 8.69. The largest absolute Gasteiger partial charge is 0.378 e. The molecule has 78 valence electrons. The van der Waals surface area contributed by atoms with Gasteiger partial charge in [-0.05, 0) is 19.8 Å². The lowest BCUT2D eigenvalue weighted by Gasteiger charge is -2.20. The van der Waals surface area contributed by atoms with E-state index >= 15 is 0 Å². The van der Waals surface area contributed by atoms with Crippen molar-refractivity contribution in [2.45, 2.75) is 38.3 Å². The number of amides is 1. The molecule has 1 heterocycles. The average Bonchev–Trinajstić information content (AvgIpc) is 2.68. The number of hydrogen-bond acceptors (Lipinski definition) is 3. The zero-order chi connectivity index (χ0) is 10.6. The number of carbonyl (C=O) groups excluding carboxylic acids is 1. The molecule has 4 nitrogen and oxygen atoms in total. The van der Waals surface area contributed by atoms with E-state index in [0.29, 0.717) is 6.42 Å². The van der Waals surface area contributed by atoms with E-state index in [1.54, 1.807) is 14.0 Å². The molecule has 1 aliphatic rings. The van der Waals surface area contributed by atoms with E-state index < -0.39 is 0 Å². The minimum absolute atomic E-state index is 0.00838. The zero-order valence-electron chi connectivity index (χ0n) is 8.69. The summed E-state index contributed by atoms with van der Waals surface area (Å²) < 4.78 is 5.36. The summed E-state index contributed by atoms with van der Waals surface area (Å²) in [5.41, 5.74) is 0. The number of nitrogens with zero attached hydrogens (tertiary/aromatic N) is 2. The maximum Gasteiger partial charge on any atom is 0.225 e. The molecule has 0 bridgehead atoms. The Morgan fingerprint density at radius 2 is 2.50 bits per heavy atom. The Hall–Kier alpha value is -1.08. The van der Waals surface area contributed by atoms with Crippen molar-refractivity contribution in [3.05, 3.63) is 0 Å². The van der Waals surface area contributed by atoms with Gasteiger partial charge in [0.05, 0.1) is 18.6 Å². The van der Waals surface area contributed by atoms with Crippen molar-refractivity contribution in [3.63, 3.8) is 0 Å². The predicted octanol–water partition coefficient (Wildman–Crippen LogP) is 0.926. The molecule has 0 aliphatic carbocycles. The molecular formula is C10H16N2O2. The number of hydrogen-bond donors (Lipinski definition) is 0. The van der Waals surface area contributed by atoms with Crippen molar-refractivity contribution in [2.24, 2.45) is 0 Å². The molecule has 0 spiro atoms. The van der Waals surface area contributed by atoms with E-state index in [1.165, 1.54) is 4.90 Å². The molecule has 0 N–H and O–H groups in total. The first-order valence-corrected chi connectivity index (χ1v) is 4.92. The van der Waals surface area contributed by atoms with Gasteiger partial charge in [0.25, 0.3) is 0 Å². The molecule has 14 heavy (non-hydrogen) atoms. The van der Waals surface area contributed by atoms with Gasteiger partial charge in [0.15, 0.2) is 0 Å². The highest BCUT2D eigenvalue weighted by molar-refractivity contribution is 5.77. The fourth-order valence-electron chi connectivity index (χ4n) is 1.45. The van der Waals surface area contributed by atoms with Crippen LogP contribution in [-0.4, -0.2) is 36.6 Å². The Bertz CT molecular complexity index is 241. The third-order valence-electron chi connectivity index (χ3n) is 2.59. The number of carbonyl (C=O) groups is 1. The maximum absolute atomic E-state index is 11.6. The molecule has 1 amide bonds. The third-order valence-corrected chi connectivity index (χ3v) is 2.59. The second-order valence-electron chi connectivity index (χ2n) is 3.65. The van der Waals surface area contributed by atoms with Crippen molar-refractivity contribution < 1.29 is 9.53 Å². The Labute approximate surface area is 84.4 Å². The van der Waals surface area contributed by atoms with Gasteiger partial charge in [-0.1, -0.05) is 0 Å². The predicted molar refractivity (Wildman–Crippen MR) is 51.4 cm³/mol. The lowest BCUT2D eigenvalue weighted by molar-refractivity contribution is -0.133. The molecule has 0 aromatic rings. The van der Waals surface area contributed by atoms with Gasteiger partial charge >= 0.3 is 0 Å². The van der Waals surface area contributed by atoms with Gasteiger partial charge in [0.1, 0.15) is 6.04 Å². The monoisotopic (exact) mass is 196 g/mol. The molecule has 0 aromatic heterocycles. The summed E-state index contributed by atoms with van der Waals surface area (Å²) in [4.78, 5) is 13.1. The first-order valence-electron chi connectivity index (χ1n) is 4.92. The van der Waals surface area contributed by atoms with Crippen LogP contribution in [0.25, 0.3) is 0 Å². The van der Waals surface area contributed by atoms with Gasteiger partial charge in [-0.3, -0.25) is 4.79 Å². The van der Waals surface area contributed by atoms with Crippen molar-refractivity contribution in [3.8, 4) is 6.07 Å². The summed E-state index contributed by atoms with van der Waals surface area (Å²) in [6.07, 6.45) is 2.47. The summed E-state index contributed by atoms with van der Waals surface area (Å²) in [7, 11) is 1.66. The van der Waals surface area contributed by atoms with Crippen LogP contribution in [0.1, 0.15) is 26.2 Å². The lowest BCUT2D eigenvalue weighted by Crippen LogP contribution is -2.35. The van der Waals surface area contributed by atoms with Gasteiger partial charge in [-0.2, -0.15) is 5.26 Å². The van der Waals surface area contributed by atoms with E-state index in [9.17, 15) is 4.79 Å². The fourth-order valence-corrected chi connectivity index (χ4v) is 1.45. The maximum atomic E-state index is 11.6. The van der Waals surface area contributed by atoms with Crippen LogP contribution in [0.3, 0.4) is 0 Å². The second-order valence-corrected chi connectivity index (χ2v) is 3.65. The number of ether oxygens (including phenoxy) is 1. The minimum Gasteiger partial charge on any atom is -0.378 e. The summed E-state index contributed by atoms with van der Waals surface area (Å²) in [5, 5.41) is 8.64. The van der Waals surface area contributed by atoms with Gasteiger partial charge in [-0.15, -0.1) is 0 Å². The summed E-state index contributed by atoms with van der Waals surface area (Å²) in [6, 6.07) is 1.68. The van der Waals surface area contributed by atoms with Crippen LogP contribution in [0.4, 0.5) is 0 Å². The fraction of sp³-hybridized carbons (Fsp3) is 0.800. The number of rotatable bonds is 3. The highest BCUT2D eigenvalue weighted by atomic mass is 16.5. The summed E-state index contributed by atoms with van der Waals surface area (Å²) in [5.74, 6) is -0.00838. The van der Waals surface area contributed by atoms with Crippen LogP contribution in [-0.2, 0) is 9.53 Å². The van der Waals surface area contributed by atoms with E-state index in [-0.39, 0.29) is 18.1 Å². The van der Waals surface area contributed by atoms with Gasteiger partial charge in [0, 0.05) is 13.7 Å². The molecule has 0 aromatic carbocycles. The van der Waals surface area contributed by atoms with Crippen molar-refractivity contribution in [2.75, 3.05) is 13.7 Å². The van der Waals surface area contributed by atoms with Crippen LogP contribution < -0.4 is 0 Å². The van der Waals surface area contributed by atoms with Gasteiger partial charge in [-0.25, -0.2) is 0 Å².